The van der Waals surface area contributed by atoms with Crippen LogP contribution in [0.1, 0.15) is 47.8 Å². The lowest BCUT2D eigenvalue weighted by Crippen LogP contribution is -2.33. The maximum Gasteiger partial charge on any atom is 0.124 e. The molecule has 130 valence electrons. The number of nitrogens with zero attached hydrogens (tertiary/aromatic N) is 2. The average molecular weight is 354 g/mol. The SMILES string of the molecule is Cc1cccc(CN2CCCCC2c2nc3cc(Cl)cc(C)c3[nH]2)c1. The van der Waals surface area contributed by atoms with E-state index < -0.39 is 0 Å². The van der Waals surface area contributed by atoms with Crippen LogP contribution in [0, 0.1) is 13.8 Å². The van der Waals surface area contributed by atoms with E-state index in [1.807, 2.05) is 12.1 Å². The highest BCUT2D eigenvalue weighted by Gasteiger charge is 2.26. The molecule has 0 radical (unpaired) electrons. The number of aromatic amines is 1. The van der Waals surface area contributed by atoms with Crippen LogP contribution in [-0.4, -0.2) is 21.4 Å². The average Bonchev–Trinajstić information content (AvgIpc) is 2.99. The number of fused-ring (bicyclic) bond motifs is 1. The number of benzene rings is 2. The second-order valence-corrected chi connectivity index (χ2v) is 7.65. The molecule has 3 nitrogen and oxygen atoms in total. The number of nitrogens with one attached hydrogen (secondary N) is 1. The standard InChI is InChI=1S/C21H24ClN3/c1-14-6-5-7-16(10-14)13-25-9-4-3-8-19(25)21-23-18-12-17(22)11-15(2)20(18)24-21/h5-7,10-12,19H,3-4,8-9,13H2,1-2H3,(H,23,24). The first-order valence-corrected chi connectivity index (χ1v) is 9.43. The lowest BCUT2D eigenvalue weighted by molar-refractivity contribution is 0.134. The number of piperidine rings is 1. The van der Waals surface area contributed by atoms with Gasteiger partial charge < -0.3 is 4.98 Å². The van der Waals surface area contributed by atoms with Gasteiger partial charge in [0.15, 0.2) is 0 Å². The van der Waals surface area contributed by atoms with Crippen LogP contribution >= 0.6 is 11.6 Å². The van der Waals surface area contributed by atoms with E-state index in [0.29, 0.717) is 6.04 Å². The molecule has 1 unspecified atom stereocenters. The van der Waals surface area contributed by atoms with Crippen molar-refractivity contribution in [2.75, 3.05) is 6.54 Å². The summed E-state index contributed by atoms with van der Waals surface area (Å²) in [6.07, 6.45) is 3.66. The normalized spacial score (nSPS) is 18.8. The lowest BCUT2D eigenvalue weighted by atomic mass is 10.00. The zero-order valence-electron chi connectivity index (χ0n) is 14.8. The van der Waals surface area contributed by atoms with Crippen molar-refractivity contribution in [1.82, 2.24) is 14.9 Å². The van der Waals surface area contributed by atoms with Crippen LogP contribution in [0.3, 0.4) is 0 Å². The van der Waals surface area contributed by atoms with Crippen molar-refractivity contribution in [3.05, 3.63) is 63.9 Å². The molecule has 1 N–H and O–H groups in total. The van der Waals surface area contributed by atoms with Crippen molar-refractivity contribution in [1.29, 1.82) is 0 Å². The molecule has 1 aliphatic rings. The van der Waals surface area contributed by atoms with Gasteiger partial charge in [0.05, 0.1) is 17.1 Å². The largest absolute Gasteiger partial charge is 0.340 e. The number of imidazole rings is 1. The minimum atomic E-state index is 0.347. The Balaban J connectivity index is 1.66. The zero-order chi connectivity index (χ0) is 17.4. The number of aromatic nitrogens is 2. The minimum Gasteiger partial charge on any atom is -0.340 e. The van der Waals surface area contributed by atoms with Gasteiger partial charge in [0.25, 0.3) is 0 Å². The molecular weight excluding hydrogens is 330 g/mol. The monoisotopic (exact) mass is 353 g/mol. The maximum atomic E-state index is 6.21. The van der Waals surface area contributed by atoms with Gasteiger partial charge in [-0.05, 0) is 56.5 Å². The smallest absolute Gasteiger partial charge is 0.124 e. The highest BCUT2D eigenvalue weighted by Crippen LogP contribution is 2.33. The lowest BCUT2D eigenvalue weighted by Gasteiger charge is -2.34. The summed E-state index contributed by atoms with van der Waals surface area (Å²) >= 11 is 6.21. The number of H-pyrrole nitrogens is 1. The molecule has 1 atom stereocenters. The Labute approximate surface area is 154 Å². The Bertz CT molecular complexity index is 899. The van der Waals surface area contributed by atoms with Gasteiger partial charge in [-0.3, -0.25) is 4.90 Å². The Kier molecular flexibility index (Phi) is 4.53. The Morgan fingerprint density at radius 3 is 2.92 bits per heavy atom. The molecule has 2 heterocycles. The van der Waals surface area contributed by atoms with Crippen LogP contribution in [0.15, 0.2) is 36.4 Å². The molecule has 25 heavy (non-hydrogen) atoms. The van der Waals surface area contributed by atoms with E-state index in [0.717, 1.165) is 47.0 Å². The summed E-state index contributed by atoms with van der Waals surface area (Å²) in [5.41, 5.74) is 5.94. The maximum absolute atomic E-state index is 6.21. The van der Waals surface area contributed by atoms with E-state index in [1.54, 1.807) is 0 Å². The summed E-state index contributed by atoms with van der Waals surface area (Å²) in [6, 6.07) is 13.1. The second kappa shape index (κ2) is 6.81. The van der Waals surface area contributed by atoms with E-state index in [-0.39, 0.29) is 0 Å². The van der Waals surface area contributed by atoms with E-state index in [1.165, 1.54) is 24.0 Å². The molecule has 3 aromatic rings. The van der Waals surface area contributed by atoms with Crippen LogP contribution in [0.2, 0.25) is 5.02 Å². The summed E-state index contributed by atoms with van der Waals surface area (Å²) < 4.78 is 0. The van der Waals surface area contributed by atoms with Crippen LogP contribution in [-0.2, 0) is 6.54 Å². The molecule has 4 rings (SSSR count). The quantitative estimate of drug-likeness (QED) is 0.668. The fourth-order valence-corrected chi connectivity index (χ4v) is 4.22. The van der Waals surface area contributed by atoms with Gasteiger partial charge in [-0.2, -0.15) is 0 Å². The van der Waals surface area contributed by atoms with Crippen LogP contribution < -0.4 is 0 Å². The van der Waals surface area contributed by atoms with Gasteiger partial charge in [-0.25, -0.2) is 4.98 Å². The number of hydrogen-bond acceptors (Lipinski definition) is 2. The summed E-state index contributed by atoms with van der Waals surface area (Å²) in [5.74, 6) is 1.08. The third-order valence-electron chi connectivity index (χ3n) is 5.17. The van der Waals surface area contributed by atoms with Gasteiger partial charge >= 0.3 is 0 Å². The van der Waals surface area contributed by atoms with Crippen molar-refractivity contribution in [2.24, 2.45) is 0 Å². The van der Waals surface area contributed by atoms with Crippen molar-refractivity contribution in [2.45, 2.75) is 45.7 Å². The van der Waals surface area contributed by atoms with Crippen molar-refractivity contribution >= 4 is 22.6 Å². The third kappa shape index (κ3) is 3.44. The predicted octanol–water partition coefficient (Wildman–Crippen LogP) is 5.56. The van der Waals surface area contributed by atoms with E-state index in [4.69, 9.17) is 16.6 Å². The fraction of sp³-hybridized carbons (Fsp3) is 0.381. The first-order chi connectivity index (χ1) is 12.1. The molecule has 0 aliphatic carbocycles. The van der Waals surface area contributed by atoms with Gasteiger partial charge in [0, 0.05) is 11.6 Å². The Morgan fingerprint density at radius 2 is 2.08 bits per heavy atom. The first kappa shape index (κ1) is 16.6. The zero-order valence-corrected chi connectivity index (χ0v) is 15.6. The summed E-state index contributed by atoms with van der Waals surface area (Å²) in [5, 5.41) is 0.753. The van der Waals surface area contributed by atoms with E-state index in [2.05, 4.69) is 48.0 Å². The second-order valence-electron chi connectivity index (χ2n) is 7.21. The first-order valence-electron chi connectivity index (χ1n) is 9.05. The topological polar surface area (TPSA) is 31.9 Å². The molecule has 0 spiro atoms. The number of halogens is 1. The third-order valence-corrected chi connectivity index (χ3v) is 5.39. The molecule has 0 saturated carbocycles. The summed E-state index contributed by atoms with van der Waals surface area (Å²) in [7, 11) is 0. The Morgan fingerprint density at radius 1 is 1.20 bits per heavy atom. The molecule has 1 fully saturated rings. The predicted molar refractivity (Wildman–Crippen MR) is 104 cm³/mol. The minimum absolute atomic E-state index is 0.347. The van der Waals surface area contributed by atoms with Crippen LogP contribution in [0.5, 0.6) is 0 Å². The van der Waals surface area contributed by atoms with Gasteiger partial charge in [-0.1, -0.05) is 47.9 Å². The number of rotatable bonds is 3. The number of aryl methyl sites for hydroxylation is 2. The van der Waals surface area contributed by atoms with Crippen molar-refractivity contribution < 1.29 is 0 Å². The molecule has 4 heteroatoms. The summed E-state index contributed by atoms with van der Waals surface area (Å²) in [6.45, 7) is 6.34. The van der Waals surface area contributed by atoms with Gasteiger partial charge in [-0.15, -0.1) is 0 Å². The molecule has 1 saturated heterocycles. The number of likely N-dealkylation sites (tertiary alicyclic amines) is 1. The summed E-state index contributed by atoms with van der Waals surface area (Å²) in [4.78, 5) is 11.0. The van der Waals surface area contributed by atoms with Gasteiger partial charge in [0.1, 0.15) is 5.82 Å². The number of hydrogen-bond donors (Lipinski definition) is 1. The van der Waals surface area contributed by atoms with Crippen LogP contribution in [0.4, 0.5) is 0 Å². The molecule has 0 bridgehead atoms. The van der Waals surface area contributed by atoms with Gasteiger partial charge in [0.2, 0.25) is 0 Å². The highest BCUT2D eigenvalue weighted by atomic mass is 35.5. The highest BCUT2D eigenvalue weighted by molar-refractivity contribution is 6.31. The van der Waals surface area contributed by atoms with E-state index in [9.17, 15) is 0 Å². The van der Waals surface area contributed by atoms with E-state index >= 15 is 0 Å². The molecule has 1 aromatic heterocycles. The molecule has 2 aromatic carbocycles. The molecular formula is C21H24ClN3. The van der Waals surface area contributed by atoms with Crippen molar-refractivity contribution in [3.8, 4) is 0 Å². The van der Waals surface area contributed by atoms with Crippen molar-refractivity contribution in [3.63, 3.8) is 0 Å². The molecule has 0 amide bonds. The fourth-order valence-electron chi connectivity index (χ4n) is 3.95. The Hall–Kier alpha value is -1.84. The molecule has 1 aliphatic heterocycles. The van der Waals surface area contributed by atoms with Crippen LogP contribution in [0.25, 0.3) is 11.0 Å².